The van der Waals surface area contributed by atoms with Gasteiger partial charge in [0.25, 0.3) is 5.91 Å². The van der Waals surface area contributed by atoms with Crippen molar-refractivity contribution >= 4 is 11.9 Å². The van der Waals surface area contributed by atoms with E-state index in [-0.39, 0.29) is 47.3 Å². The molecule has 2 aliphatic heterocycles. The van der Waals surface area contributed by atoms with Gasteiger partial charge in [0, 0.05) is 48.5 Å². The molecule has 2 bridgehead atoms. The molecule has 1 saturated heterocycles. The fraction of sp³-hybridized carbons (Fsp3) is 0.436. The number of piperidine rings is 1. The number of aliphatic hydroxyl groups is 1. The average molecular weight is 619 g/mol. The van der Waals surface area contributed by atoms with E-state index in [9.17, 15) is 14.7 Å². The smallest absolute Gasteiger partial charge is 0.308 e. The van der Waals surface area contributed by atoms with E-state index in [0.717, 1.165) is 48.9 Å². The van der Waals surface area contributed by atoms with E-state index in [1.165, 1.54) is 12.5 Å². The Morgan fingerprint density at radius 3 is 2.52 bits per heavy atom. The van der Waals surface area contributed by atoms with Crippen LogP contribution in [0.1, 0.15) is 68.4 Å². The van der Waals surface area contributed by atoms with Crippen molar-refractivity contribution in [3.8, 4) is 23.3 Å². The Kier molecular flexibility index (Phi) is 8.12. The van der Waals surface area contributed by atoms with Crippen molar-refractivity contribution in [2.24, 2.45) is 11.8 Å². The van der Waals surface area contributed by atoms with E-state index >= 15 is 0 Å². The normalized spacial score (nSPS) is 26.3. The van der Waals surface area contributed by atoms with Gasteiger partial charge < -0.3 is 19.5 Å². The number of hydrogen-bond donors (Lipinski definition) is 1. The number of β-amino-alcohol motifs (C(OH)–C–C–N with tert-alkyl or cyclic N) is 1. The number of likely N-dealkylation sites (tertiary alicyclic amines) is 1. The summed E-state index contributed by atoms with van der Waals surface area (Å²) in [5.41, 5.74) is 3.78. The van der Waals surface area contributed by atoms with Crippen LogP contribution >= 0.6 is 0 Å². The van der Waals surface area contributed by atoms with Crippen LogP contribution in [-0.2, 0) is 21.4 Å². The van der Waals surface area contributed by atoms with Crippen LogP contribution in [0, 0.1) is 23.7 Å². The van der Waals surface area contributed by atoms with Gasteiger partial charge in [-0.25, -0.2) is 0 Å². The Balaban J connectivity index is 1.27. The monoisotopic (exact) mass is 618 g/mol. The van der Waals surface area contributed by atoms with Gasteiger partial charge in [0.1, 0.15) is 6.10 Å². The lowest BCUT2D eigenvalue weighted by molar-refractivity contribution is -0.138. The predicted octanol–water partition coefficient (Wildman–Crippen LogP) is 5.29. The molecule has 1 unspecified atom stereocenters. The topological polar surface area (TPSA) is 79.3 Å². The Morgan fingerprint density at radius 2 is 1.80 bits per heavy atom. The van der Waals surface area contributed by atoms with Crippen molar-refractivity contribution in [2.75, 3.05) is 19.6 Å². The molecular formula is C39H42N2O5. The highest BCUT2D eigenvalue weighted by Gasteiger charge is 2.66. The molecule has 2 fully saturated rings. The zero-order valence-corrected chi connectivity index (χ0v) is 26.8. The Labute approximate surface area is 271 Å². The summed E-state index contributed by atoms with van der Waals surface area (Å²) in [6, 6.07) is 23.5. The van der Waals surface area contributed by atoms with Crippen molar-refractivity contribution in [1.29, 1.82) is 0 Å². The number of rotatable bonds is 7. The molecule has 3 aromatic rings. The van der Waals surface area contributed by atoms with Crippen LogP contribution in [0.4, 0.5) is 0 Å². The molecular weight excluding hydrogens is 576 g/mol. The van der Waals surface area contributed by atoms with Gasteiger partial charge >= 0.3 is 5.97 Å². The molecule has 3 aromatic carbocycles. The predicted molar refractivity (Wildman–Crippen MR) is 175 cm³/mol. The molecule has 1 spiro atoms. The molecule has 7 rings (SSSR count). The van der Waals surface area contributed by atoms with Crippen LogP contribution in [0.25, 0.3) is 0 Å². The SMILES string of the molecule is CC(=O)Oc1ccc2c3c1O[C@H]1[C@H](N(CC(C)C)C(=O)C#Cc4ccccc4)CC[C@H]4[C@@H](C2)N(CC(O)c2ccccc2)CC[C@@]341. The number of hydrogen-bond acceptors (Lipinski definition) is 6. The van der Waals surface area contributed by atoms with Gasteiger partial charge in [-0.05, 0) is 73.4 Å². The lowest BCUT2D eigenvalue weighted by atomic mass is 9.51. The highest BCUT2D eigenvalue weighted by atomic mass is 16.6. The van der Waals surface area contributed by atoms with E-state index < -0.39 is 6.10 Å². The summed E-state index contributed by atoms with van der Waals surface area (Å²) < 4.78 is 12.7. The van der Waals surface area contributed by atoms with Crippen molar-refractivity contribution in [3.05, 3.63) is 95.1 Å². The second kappa shape index (κ2) is 12.2. The Hall–Kier alpha value is -4.12. The summed E-state index contributed by atoms with van der Waals surface area (Å²) in [5.74, 6) is 7.11. The molecule has 4 aliphatic rings. The lowest BCUT2D eigenvalue weighted by Gasteiger charge is -2.60. The van der Waals surface area contributed by atoms with Gasteiger partial charge in [-0.1, -0.05) is 74.4 Å². The van der Waals surface area contributed by atoms with Crippen LogP contribution < -0.4 is 9.47 Å². The second-order valence-electron chi connectivity index (χ2n) is 13.8. The van der Waals surface area contributed by atoms with E-state index in [2.05, 4.69) is 36.7 Å². The maximum absolute atomic E-state index is 14.0. The van der Waals surface area contributed by atoms with Gasteiger partial charge in [-0.2, -0.15) is 0 Å². The van der Waals surface area contributed by atoms with Gasteiger partial charge in [0.2, 0.25) is 0 Å². The zero-order chi connectivity index (χ0) is 32.0. The highest BCUT2D eigenvalue weighted by Crippen LogP contribution is 2.64. The zero-order valence-electron chi connectivity index (χ0n) is 26.8. The quantitative estimate of drug-likeness (QED) is 0.220. The summed E-state index contributed by atoms with van der Waals surface area (Å²) in [6.07, 6.45) is 2.53. The highest BCUT2D eigenvalue weighted by molar-refractivity contribution is 5.94. The third-order valence-electron chi connectivity index (χ3n) is 10.5. The number of nitrogens with zero attached hydrogens (tertiary/aromatic N) is 2. The third kappa shape index (κ3) is 5.28. The van der Waals surface area contributed by atoms with Gasteiger partial charge in [0.15, 0.2) is 11.5 Å². The first kappa shape index (κ1) is 30.5. The minimum atomic E-state index is -0.576. The fourth-order valence-electron chi connectivity index (χ4n) is 8.85. The first-order valence-corrected chi connectivity index (χ1v) is 16.6. The van der Waals surface area contributed by atoms with Gasteiger partial charge in [-0.15, -0.1) is 0 Å². The minimum Gasteiger partial charge on any atom is -0.483 e. The molecule has 2 aliphatic carbocycles. The van der Waals surface area contributed by atoms with E-state index in [1.807, 2.05) is 71.6 Å². The minimum absolute atomic E-state index is 0.179. The van der Waals surface area contributed by atoms with Crippen LogP contribution in [0.2, 0.25) is 0 Å². The van der Waals surface area contributed by atoms with Gasteiger partial charge in [0.05, 0.1) is 12.1 Å². The molecule has 1 N–H and O–H groups in total. The van der Waals surface area contributed by atoms with Gasteiger partial charge in [-0.3, -0.25) is 14.5 Å². The summed E-state index contributed by atoms with van der Waals surface area (Å²) in [4.78, 5) is 30.6. The molecule has 7 heteroatoms. The van der Waals surface area contributed by atoms with E-state index in [4.69, 9.17) is 9.47 Å². The number of amides is 1. The molecule has 2 heterocycles. The van der Waals surface area contributed by atoms with Crippen molar-refractivity contribution in [1.82, 2.24) is 9.80 Å². The molecule has 238 valence electrons. The molecule has 0 radical (unpaired) electrons. The maximum atomic E-state index is 14.0. The Morgan fingerprint density at radius 1 is 1.07 bits per heavy atom. The molecule has 46 heavy (non-hydrogen) atoms. The lowest BCUT2D eigenvalue weighted by Crippen LogP contribution is -2.69. The van der Waals surface area contributed by atoms with E-state index in [1.54, 1.807) is 0 Å². The number of aliphatic hydroxyl groups excluding tert-OH is 1. The molecule has 1 saturated carbocycles. The summed E-state index contributed by atoms with van der Waals surface area (Å²) in [5, 5.41) is 11.3. The standard InChI is InChI=1S/C39H42N2O5/c1-25(2)23-41(35(44)19-14-27-10-6-4-7-11-27)31-17-16-30-32-22-29-15-18-34(45-26(3)42)37-36(29)39(30,38(31)46-37)20-21-40(32)24-33(43)28-12-8-5-9-13-28/h4-13,15,18,25,30-33,38,43H,16-17,20-24H2,1-3H3/t30-,31+,32+,33?,38-,39-/m0/s1. The van der Waals surface area contributed by atoms with Crippen LogP contribution in [0.15, 0.2) is 72.8 Å². The molecule has 0 aromatic heterocycles. The Bertz CT molecular complexity index is 1680. The molecule has 1 amide bonds. The third-order valence-corrected chi connectivity index (χ3v) is 10.5. The number of ether oxygens (including phenoxy) is 2. The number of esters is 1. The van der Waals surface area contributed by atoms with Crippen LogP contribution in [0.5, 0.6) is 11.5 Å². The fourth-order valence-corrected chi connectivity index (χ4v) is 8.85. The van der Waals surface area contributed by atoms with Crippen LogP contribution in [0.3, 0.4) is 0 Å². The first-order chi connectivity index (χ1) is 22.3. The molecule has 7 nitrogen and oxygen atoms in total. The van der Waals surface area contributed by atoms with E-state index in [0.29, 0.717) is 24.6 Å². The first-order valence-electron chi connectivity index (χ1n) is 16.6. The number of carbonyl (C=O) groups is 2. The summed E-state index contributed by atoms with van der Waals surface area (Å²) in [7, 11) is 0. The second-order valence-corrected chi connectivity index (χ2v) is 13.8. The van der Waals surface area contributed by atoms with Crippen molar-refractivity contribution in [3.63, 3.8) is 0 Å². The summed E-state index contributed by atoms with van der Waals surface area (Å²) in [6.45, 7) is 7.62. The number of carbonyl (C=O) groups excluding carboxylic acids is 2. The molecule has 6 atom stereocenters. The average Bonchev–Trinajstić information content (AvgIpc) is 3.40. The maximum Gasteiger partial charge on any atom is 0.308 e. The largest absolute Gasteiger partial charge is 0.483 e. The summed E-state index contributed by atoms with van der Waals surface area (Å²) >= 11 is 0. The number of benzene rings is 3. The van der Waals surface area contributed by atoms with Crippen LogP contribution in [-0.4, -0.2) is 64.6 Å². The van der Waals surface area contributed by atoms with Crippen molar-refractivity contribution < 1.29 is 24.2 Å². The van der Waals surface area contributed by atoms with Crippen molar-refractivity contribution in [2.45, 2.75) is 76.2 Å².